The first-order valence-electron chi connectivity index (χ1n) is 35.5. The van der Waals surface area contributed by atoms with Gasteiger partial charge in [0.25, 0.3) is 0 Å². The van der Waals surface area contributed by atoms with Gasteiger partial charge in [-0.05, 0) is 186 Å². The SMILES string of the molecule is CC(C)c1cc(C(C)C)c(S(=O)(=O)[O-])c(C(C)C)c1.Cc1ccc(CC(=O)[O-])cc1.Cc1ccc([S+](c2ccc(Cl)cc2)c2ccc(Cl)cc2)cc1.Clc1ccc([S+](c2ccccc2)c2ccc(Cl)cc2)cc1.FB(F)F.O=C([O-])C(=O)c1ccccc1.O=C([O-])C(=O)c1ccccc1.O=C([O-])C(O)(c1ccccc1)c1ccccc1.[F-]. The van der Waals surface area contributed by atoms with Crippen LogP contribution in [0.15, 0.2) is 344 Å². The summed E-state index contributed by atoms with van der Waals surface area (Å²) < 4.78 is 63.8. The van der Waals surface area contributed by atoms with E-state index in [1.54, 1.807) is 109 Å². The Balaban J connectivity index is 0.000000289. The second kappa shape index (κ2) is 49.4. The fourth-order valence-corrected chi connectivity index (χ4v) is 16.3. The molecule has 0 spiro atoms. The van der Waals surface area contributed by atoms with E-state index in [1.165, 1.54) is 59.2 Å². The van der Waals surface area contributed by atoms with Gasteiger partial charge >= 0.3 is 7.54 Å². The van der Waals surface area contributed by atoms with Crippen LogP contribution in [0.25, 0.3) is 0 Å². The molecule has 0 heterocycles. The number of rotatable bonds is 19. The fraction of sp³-hybridized carbons (Fsp3) is 0.143. The monoisotopic (exact) mass is 1720 g/mol. The van der Waals surface area contributed by atoms with Crippen molar-refractivity contribution >= 4 is 121 Å². The Morgan fingerprint density at radius 2 is 0.650 bits per heavy atom. The number of aliphatic hydroxyl groups is 1. The molecule has 0 atom stereocenters. The van der Waals surface area contributed by atoms with Crippen molar-refractivity contribution in [2.24, 2.45) is 0 Å². The number of ketones is 2. The molecule has 0 aromatic heterocycles. The quantitative estimate of drug-likeness (QED) is 0.0197. The van der Waals surface area contributed by atoms with Gasteiger partial charge in [-0.25, -0.2) is 8.42 Å². The van der Waals surface area contributed by atoms with Crippen LogP contribution in [0.4, 0.5) is 12.9 Å². The maximum atomic E-state index is 11.6. The van der Waals surface area contributed by atoms with Crippen LogP contribution in [-0.4, -0.2) is 61.1 Å². The number of hydrogen-bond acceptors (Lipinski definition) is 14. The summed E-state index contributed by atoms with van der Waals surface area (Å²) in [5, 5.41) is 54.9. The summed E-state index contributed by atoms with van der Waals surface area (Å²) in [5.41, 5.74) is 4.30. The molecule has 0 amide bonds. The van der Waals surface area contributed by atoms with Gasteiger partial charge in [0.15, 0.2) is 35.0 Å². The second-order valence-corrected chi connectivity index (χ2v) is 33.1. The molecule has 12 aromatic carbocycles. The lowest BCUT2D eigenvalue weighted by Gasteiger charge is -2.30. The third-order valence-corrected chi connectivity index (χ3v) is 22.8. The molecular weight excluding hydrogens is 1640 g/mol. The Kier molecular flexibility index (Phi) is 41.7. The maximum Gasteiger partial charge on any atom is 0.762 e. The highest BCUT2D eigenvalue weighted by molar-refractivity contribution is 7.97. The third kappa shape index (κ3) is 32.8. The molecule has 0 aliphatic rings. The predicted molar refractivity (Wildman–Crippen MR) is 446 cm³/mol. The highest BCUT2D eigenvalue weighted by Crippen LogP contribution is 2.37. The molecule has 0 fully saturated rings. The number of benzene rings is 12. The Hall–Kier alpha value is -10.6. The molecule has 610 valence electrons. The van der Waals surface area contributed by atoms with Crippen molar-refractivity contribution in [2.75, 3.05) is 0 Å². The van der Waals surface area contributed by atoms with Gasteiger partial charge in [-0.2, -0.15) is 0 Å². The summed E-state index contributed by atoms with van der Waals surface area (Å²) in [7, 11) is -8.42. The number of carbonyl (C=O) groups excluding carboxylic acids is 6. The van der Waals surface area contributed by atoms with Crippen LogP contribution in [-0.2, 0) is 63.1 Å². The van der Waals surface area contributed by atoms with Gasteiger partial charge in [0.2, 0.25) is 11.6 Å². The molecule has 1 N–H and O–H groups in total. The van der Waals surface area contributed by atoms with Crippen LogP contribution in [0.2, 0.25) is 20.1 Å². The van der Waals surface area contributed by atoms with Crippen molar-refractivity contribution in [3.63, 3.8) is 0 Å². The molecule has 0 aliphatic heterocycles. The molecule has 26 heteroatoms. The van der Waals surface area contributed by atoms with Gasteiger partial charge in [0.05, 0.1) is 32.7 Å². The van der Waals surface area contributed by atoms with Crippen molar-refractivity contribution in [3.05, 3.63) is 385 Å². The zero-order valence-electron chi connectivity index (χ0n) is 64.5. The number of hydrogen-bond donors (Lipinski definition) is 1. The smallest absolute Gasteiger partial charge is 0.762 e. The third-order valence-electron chi connectivity index (χ3n) is 16.4. The predicted octanol–water partition coefficient (Wildman–Crippen LogP) is 14.5. The number of aryl methyl sites for hydroxylation is 2. The summed E-state index contributed by atoms with van der Waals surface area (Å²) in [6, 6.07) is 94.5. The summed E-state index contributed by atoms with van der Waals surface area (Å²) in [5.74, 6) is -7.55. The number of aliphatic carboxylic acids is 4. The molecule has 0 saturated heterocycles. The lowest BCUT2D eigenvalue weighted by molar-refractivity contribution is -0.323. The number of carboxylic acid groups (broad SMARTS) is 4. The average molecular weight is 1720 g/mol. The molecule has 0 radical (unpaired) electrons. The highest BCUT2D eigenvalue weighted by Gasteiger charge is 2.34. The number of Topliss-reactive ketones (excluding diaryl/α,β-unsaturated/α-hetero) is 2. The summed E-state index contributed by atoms with van der Waals surface area (Å²) in [6.07, 6.45) is 0.000278. The Morgan fingerprint density at radius 1 is 0.402 bits per heavy atom. The second-order valence-electron chi connectivity index (χ2n) is 26.0. The van der Waals surface area contributed by atoms with E-state index >= 15 is 0 Å². The largest absolute Gasteiger partial charge is 1.00 e. The molecule has 12 rings (SSSR count). The summed E-state index contributed by atoms with van der Waals surface area (Å²) >= 11 is 24.1. The van der Waals surface area contributed by atoms with E-state index in [0.29, 0.717) is 17.0 Å². The molecule has 0 bridgehead atoms. The van der Waals surface area contributed by atoms with Crippen molar-refractivity contribution in [3.8, 4) is 0 Å². The maximum absolute atomic E-state index is 11.6. The van der Waals surface area contributed by atoms with Crippen molar-refractivity contribution in [1.82, 2.24) is 0 Å². The van der Waals surface area contributed by atoms with E-state index in [1.807, 2.05) is 113 Å². The van der Waals surface area contributed by atoms with E-state index in [0.717, 1.165) is 36.8 Å². The lowest BCUT2D eigenvalue weighted by atomic mass is 9.86. The molecule has 14 nitrogen and oxygen atoms in total. The first-order valence-corrected chi connectivity index (χ1v) is 40.9. The van der Waals surface area contributed by atoms with Gasteiger partial charge in [-0.15, -0.1) is 0 Å². The standard InChI is InChI=1S/C19H15Cl2S.C18H13Cl2S.C15H24O3S.C14H12O3.C9H10O2.2C8H6O3.BF3.FH/c1-14-2-8-17(9-3-14)22(18-10-4-15(20)5-11-18)19-12-6-16(21)7-13-19;19-14-6-10-17(11-7-14)21(16-4-2-1-3-5-16)18-12-8-15(20)9-13-18;1-9(2)12-7-13(10(3)4)15(19(16,17)18)14(8-12)11(5)6;15-13(16)14(17,11-7-3-1-4-8-11)12-9-5-2-6-10-12;1-7-2-4-8(5-3-7)6-9(10)11;2*9-7(8(10)11)6-4-2-1-3-5-6;2-1(3)4;/h2-13H,1H3;1-13H;7-11H,1-6H3,(H,16,17,18);1-10,17H,(H,15,16);2-5H,6H2,1H3,(H,10,11);2*1-5H,(H,10,11);;1H/q2*+1;;;;;;;/p-6. The van der Waals surface area contributed by atoms with Crippen LogP contribution >= 0.6 is 46.4 Å². The zero-order chi connectivity index (χ0) is 85.8. The molecule has 12 aromatic rings. The molecule has 0 aliphatic carbocycles. The lowest BCUT2D eigenvalue weighted by Crippen LogP contribution is -3.00. The molecular formula is C91H81BCl4F4O14S3-4. The molecule has 0 saturated carbocycles. The van der Waals surface area contributed by atoms with Crippen LogP contribution in [0.3, 0.4) is 0 Å². The van der Waals surface area contributed by atoms with Gasteiger partial charge in [-0.1, -0.05) is 287 Å². The fourth-order valence-electron chi connectivity index (χ4n) is 10.6. The van der Waals surface area contributed by atoms with Gasteiger partial charge in [-0.3, -0.25) is 22.5 Å². The van der Waals surface area contributed by atoms with E-state index in [-0.39, 0.29) is 71.9 Å². The zero-order valence-corrected chi connectivity index (χ0v) is 69.9. The number of carbonyl (C=O) groups is 6. The van der Waals surface area contributed by atoms with E-state index < -0.39 is 58.7 Å². The van der Waals surface area contributed by atoms with Gasteiger partial charge in [0.1, 0.15) is 22.1 Å². The van der Waals surface area contributed by atoms with Crippen molar-refractivity contribution < 1.29 is 84.9 Å². The van der Waals surface area contributed by atoms with Crippen molar-refractivity contribution in [1.29, 1.82) is 0 Å². The van der Waals surface area contributed by atoms with Crippen LogP contribution in [0.1, 0.15) is 125 Å². The van der Waals surface area contributed by atoms with Crippen molar-refractivity contribution in [2.45, 2.75) is 119 Å². The molecule has 117 heavy (non-hydrogen) atoms. The first-order chi connectivity index (χ1) is 54.9. The van der Waals surface area contributed by atoms with Crippen LogP contribution < -0.4 is 25.1 Å². The summed E-state index contributed by atoms with van der Waals surface area (Å²) in [6.45, 7) is 15.9. The van der Waals surface area contributed by atoms with Gasteiger partial charge < -0.3 is 54.0 Å². The minimum Gasteiger partial charge on any atom is -1.00 e. The number of halogens is 8. The number of carboxylic acids is 4. The van der Waals surface area contributed by atoms with E-state index in [9.17, 15) is 80.2 Å². The summed E-state index contributed by atoms with van der Waals surface area (Å²) in [4.78, 5) is 70.4. The molecule has 0 unspecified atom stereocenters. The van der Waals surface area contributed by atoms with E-state index in [4.69, 9.17) is 46.4 Å². The minimum absolute atomic E-state index is 0. The highest BCUT2D eigenvalue weighted by atomic mass is 35.5. The van der Waals surface area contributed by atoms with E-state index in [2.05, 4.69) is 118 Å². The Labute approximate surface area is 705 Å². The first kappa shape index (κ1) is 98.7. The minimum atomic E-state index is -4.45. The van der Waals surface area contributed by atoms with Gasteiger partial charge in [0, 0.05) is 43.6 Å². The Morgan fingerprint density at radius 3 is 0.889 bits per heavy atom. The topological polar surface area (TPSA) is 272 Å². The Bertz CT molecular complexity index is 4910. The van der Waals surface area contributed by atoms with Crippen LogP contribution in [0.5, 0.6) is 0 Å². The normalized spacial score (nSPS) is 10.5. The van der Waals surface area contributed by atoms with Crippen LogP contribution in [0, 0.1) is 13.8 Å². The average Bonchev–Trinajstić information content (AvgIpc) is 0.850.